The predicted octanol–water partition coefficient (Wildman–Crippen LogP) is 1.40. The van der Waals surface area contributed by atoms with E-state index in [1.54, 1.807) is 0 Å². The third-order valence-electron chi connectivity index (χ3n) is 4.62. The SMILES string of the molecule is CC1CC[NH+]([C@@H]2CC(=O)N(c3cccc(Br)c3)C2=O)CC1. The van der Waals surface area contributed by atoms with Crippen molar-refractivity contribution in [1.29, 1.82) is 0 Å². The largest absolute Gasteiger partial charge is 0.324 e. The van der Waals surface area contributed by atoms with E-state index in [-0.39, 0.29) is 17.9 Å². The van der Waals surface area contributed by atoms with Crippen LogP contribution in [-0.4, -0.2) is 30.9 Å². The number of rotatable bonds is 2. The van der Waals surface area contributed by atoms with Gasteiger partial charge in [-0.05, 0) is 37.0 Å². The van der Waals surface area contributed by atoms with Gasteiger partial charge in [0.05, 0.1) is 25.2 Å². The summed E-state index contributed by atoms with van der Waals surface area (Å²) >= 11 is 3.39. The molecule has 1 N–H and O–H groups in total. The van der Waals surface area contributed by atoms with E-state index in [0.29, 0.717) is 12.1 Å². The quantitative estimate of drug-likeness (QED) is 0.818. The minimum Gasteiger partial charge on any atom is -0.324 e. The van der Waals surface area contributed by atoms with Crippen LogP contribution in [-0.2, 0) is 9.59 Å². The highest BCUT2D eigenvalue weighted by Crippen LogP contribution is 2.25. The third-order valence-corrected chi connectivity index (χ3v) is 5.12. The van der Waals surface area contributed by atoms with Gasteiger partial charge in [-0.3, -0.25) is 9.59 Å². The Balaban J connectivity index is 1.79. The van der Waals surface area contributed by atoms with E-state index in [0.717, 1.165) is 36.3 Å². The van der Waals surface area contributed by atoms with Gasteiger partial charge < -0.3 is 4.90 Å². The van der Waals surface area contributed by atoms with Crippen LogP contribution in [0.2, 0.25) is 0 Å². The molecule has 2 aliphatic heterocycles. The zero-order valence-electron chi connectivity index (χ0n) is 12.1. The van der Waals surface area contributed by atoms with Crippen molar-refractivity contribution in [3.63, 3.8) is 0 Å². The summed E-state index contributed by atoms with van der Waals surface area (Å²) in [5, 5.41) is 0. The number of imide groups is 1. The molecule has 5 heteroatoms. The Morgan fingerprint density at radius 1 is 1.24 bits per heavy atom. The molecule has 2 amide bonds. The maximum atomic E-state index is 12.7. The van der Waals surface area contributed by atoms with E-state index in [2.05, 4.69) is 22.9 Å². The van der Waals surface area contributed by atoms with Crippen molar-refractivity contribution in [3.05, 3.63) is 28.7 Å². The second kappa shape index (κ2) is 5.89. The van der Waals surface area contributed by atoms with Crippen molar-refractivity contribution in [2.45, 2.75) is 32.2 Å². The number of carbonyl (C=O) groups excluding carboxylic acids is 2. The van der Waals surface area contributed by atoms with Gasteiger partial charge in [-0.25, -0.2) is 4.90 Å². The standard InChI is InChI=1S/C16H19BrN2O2/c1-11-5-7-18(8-6-11)14-10-15(20)19(16(14)21)13-4-2-3-12(17)9-13/h2-4,9,11,14H,5-8,10H2,1H3/p+1/t14-/m1/s1. The second-order valence-electron chi connectivity index (χ2n) is 6.14. The normalized spacial score (nSPS) is 30.0. The number of hydrogen-bond acceptors (Lipinski definition) is 2. The zero-order chi connectivity index (χ0) is 15.0. The van der Waals surface area contributed by atoms with Crippen molar-refractivity contribution in [3.8, 4) is 0 Å². The number of nitrogens with one attached hydrogen (secondary N) is 1. The first-order chi connectivity index (χ1) is 10.1. The number of carbonyl (C=O) groups is 2. The van der Waals surface area contributed by atoms with Gasteiger partial charge in [-0.15, -0.1) is 0 Å². The molecule has 21 heavy (non-hydrogen) atoms. The summed E-state index contributed by atoms with van der Waals surface area (Å²) in [5.74, 6) is 0.624. The molecule has 1 aromatic rings. The third kappa shape index (κ3) is 2.90. The smallest absolute Gasteiger partial charge is 0.292 e. The first-order valence-electron chi connectivity index (χ1n) is 7.53. The van der Waals surface area contributed by atoms with Crippen molar-refractivity contribution >= 4 is 33.4 Å². The highest BCUT2D eigenvalue weighted by atomic mass is 79.9. The van der Waals surface area contributed by atoms with E-state index in [1.807, 2.05) is 24.3 Å². The molecule has 112 valence electrons. The van der Waals surface area contributed by atoms with Gasteiger partial charge in [-0.1, -0.05) is 28.9 Å². The van der Waals surface area contributed by atoms with E-state index in [4.69, 9.17) is 0 Å². The van der Waals surface area contributed by atoms with Crippen LogP contribution >= 0.6 is 15.9 Å². The van der Waals surface area contributed by atoms with Gasteiger partial charge in [-0.2, -0.15) is 0 Å². The molecule has 4 nitrogen and oxygen atoms in total. The van der Waals surface area contributed by atoms with Gasteiger partial charge in [0.1, 0.15) is 0 Å². The Labute approximate surface area is 133 Å². The Kier molecular flexibility index (Phi) is 4.13. The summed E-state index contributed by atoms with van der Waals surface area (Å²) in [7, 11) is 0. The topological polar surface area (TPSA) is 41.8 Å². The fourth-order valence-corrected chi connectivity index (χ4v) is 3.71. The lowest BCUT2D eigenvalue weighted by molar-refractivity contribution is -0.920. The summed E-state index contributed by atoms with van der Waals surface area (Å²) in [6, 6.07) is 7.19. The number of halogens is 1. The number of hydrogen-bond donors (Lipinski definition) is 1. The van der Waals surface area contributed by atoms with E-state index < -0.39 is 0 Å². The van der Waals surface area contributed by atoms with Crippen molar-refractivity contribution in [1.82, 2.24) is 0 Å². The Bertz CT molecular complexity index is 567. The lowest BCUT2D eigenvalue weighted by Crippen LogP contribution is -3.17. The summed E-state index contributed by atoms with van der Waals surface area (Å²) in [4.78, 5) is 27.6. The van der Waals surface area contributed by atoms with Gasteiger partial charge >= 0.3 is 0 Å². The number of piperidine rings is 1. The van der Waals surface area contributed by atoms with Crippen LogP contribution in [0.5, 0.6) is 0 Å². The molecular weight excluding hydrogens is 332 g/mol. The van der Waals surface area contributed by atoms with Crippen LogP contribution < -0.4 is 9.80 Å². The zero-order valence-corrected chi connectivity index (χ0v) is 13.7. The van der Waals surface area contributed by atoms with Crippen molar-refractivity contribution in [2.24, 2.45) is 5.92 Å². The number of likely N-dealkylation sites (tertiary alicyclic amines) is 1. The molecule has 0 aliphatic carbocycles. The number of anilines is 1. The fourth-order valence-electron chi connectivity index (χ4n) is 3.32. The molecule has 0 unspecified atom stereocenters. The maximum absolute atomic E-state index is 12.7. The predicted molar refractivity (Wildman–Crippen MR) is 84.1 cm³/mol. The number of amides is 2. The van der Waals surface area contributed by atoms with Crippen LogP contribution in [0.3, 0.4) is 0 Å². The molecule has 1 aromatic carbocycles. The number of quaternary nitrogens is 1. The number of nitrogens with zero attached hydrogens (tertiary/aromatic N) is 1. The van der Waals surface area contributed by atoms with Crippen LogP contribution in [0.1, 0.15) is 26.2 Å². The maximum Gasteiger partial charge on any atom is 0.292 e. The van der Waals surface area contributed by atoms with E-state index >= 15 is 0 Å². The molecule has 2 fully saturated rings. The summed E-state index contributed by atoms with van der Waals surface area (Å²) < 4.78 is 0.878. The molecule has 0 aromatic heterocycles. The lowest BCUT2D eigenvalue weighted by Gasteiger charge is -2.30. The van der Waals surface area contributed by atoms with Crippen LogP contribution in [0.25, 0.3) is 0 Å². The molecule has 1 atom stereocenters. The monoisotopic (exact) mass is 351 g/mol. The molecule has 3 rings (SSSR count). The van der Waals surface area contributed by atoms with Crippen LogP contribution in [0.15, 0.2) is 28.7 Å². The lowest BCUT2D eigenvalue weighted by atomic mass is 9.97. The Morgan fingerprint density at radius 3 is 2.62 bits per heavy atom. The van der Waals surface area contributed by atoms with E-state index in [9.17, 15) is 9.59 Å². The average molecular weight is 352 g/mol. The molecule has 2 heterocycles. The van der Waals surface area contributed by atoms with Gasteiger partial charge in [0.2, 0.25) is 5.91 Å². The molecule has 0 spiro atoms. The van der Waals surface area contributed by atoms with Gasteiger partial charge in [0.25, 0.3) is 5.91 Å². The molecule has 0 saturated carbocycles. The number of benzene rings is 1. The molecule has 0 bridgehead atoms. The first kappa shape index (κ1) is 14.7. The van der Waals surface area contributed by atoms with E-state index in [1.165, 1.54) is 9.80 Å². The molecule has 2 aliphatic rings. The van der Waals surface area contributed by atoms with Crippen LogP contribution in [0.4, 0.5) is 5.69 Å². The minimum absolute atomic E-state index is 0.0392. The Hall–Kier alpha value is -1.20. The molecule has 0 radical (unpaired) electrons. The van der Waals surface area contributed by atoms with Gasteiger partial charge in [0.15, 0.2) is 6.04 Å². The summed E-state index contributed by atoms with van der Waals surface area (Å²) in [6.45, 7) is 4.25. The highest BCUT2D eigenvalue weighted by Gasteiger charge is 2.46. The average Bonchev–Trinajstić information content (AvgIpc) is 2.75. The Morgan fingerprint density at radius 2 is 1.95 bits per heavy atom. The first-order valence-corrected chi connectivity index (χ1v) is 8.32. The van der Waals surface area contributed by atoms with Crippen LogP contribution in [0, 0.1) is 5.92 Å². The second-order valence-corrected chi connectivity index (χ2v) is 7.06. The molecular formula is C16H20BrN2O2+. The summed E-state index contributed by atoms with van der Waals surface area (Å²) in [5.41, 5.74) is 0.673. The van der Waals surface area contributed by atoms with Crippen molar-refractivity contribution < 1.29 is 14.5 Å². The summed E-state index contributed by atoms with van der Waals surface area (Å²) in [6.07, 6.45) is 2.63. The fraction of sp³-hybridized carbons (Fsp3) is 0.500. The minimum atomic E-state index is -0.191. The highest BCUT2D eigenvalue weighted by molar-refractivity contribution is 9.10. The molecule has 2 saturated heterocycles. The van der Waals surface area contributed by atoms with Gasteiger partial charge in [0, 0.05) is 4.47 Å². The van der Waals surface area contributed by atoms with Crippen molar-refractivity contribution in [2.75, 3.05) is 18.0 Å².